The third-order valence-corrected chi connectivity index (χ3v) is 3.96. The highest BCUT2D eigenvalue weighted by molar-refractivity contribution is 5.65. The van der Waals surface area contributed by atoms with Crippen LogP contribution in [-0.4, -0.2) is 43.1 Å². The highest BCUT2D eigenvalue weighted by Gasteiger charge is 2.19. The van der Waals surface area contributed by atoms with Crippen LogP contribution in [0.2, 0.25) is 0 Å². The minimum Gasteiger partial charge on any atom is -0.396 e. The Labute approximate surface area is 110 Å². The predicted molar refractivity (Wildman–Crippen MR) is 76.8 cm³/mol. The molecule has 1 atom stereocenters. The zero-order chi connectivity index (χ0) is 13.0. The van der Waals surface area contributed by atoms with Gasteiger partial charge in [-0.05, 0) is 38.9 Å². The molecule has 0 saturated carbocycles. The second kappa shape index (κ2) is 6.05. The SMILES string of the molecule is CN(CCC1CCCCN1C)c1ccncc1N. The van der Waals surface area contributed by atoms with Gasteiger partial charge in [0.15, 0.2) is 0 Å². The largest absolute Gasteiger partial charge is 0.396 e. The molecule has 4 heteroatoms. The molecule has 0 bridgehead atoms. The number of piperidine rings is 1. The van der Waals surface area contributed by atoms with Gasteiger partial charge in [-0.1, -0.05) is 6.42 Å². The van der Waals surface area contributed by atoms with Gasteiger partial charge < -0.3 is 15.5 Å². The Morgan fingerprint density at radius 2 is 2.33 bits per heavy atom. The number of aromatic nitrogens is 1. The Bertz CT molecular complexity index is 380. The molecule has 1 aliphatic rings. The first kappa shape index (κ1) is 13.1. The number of nitrogen functional groups attached to an aromatic ring is 1. The predicted octanol–water partition coefficient (Wildman–Crippen LogP) is 1.97. The van der Waals surface area contributed by atoms with E-state index >= 15 is 0 Å². The van der Waals surface area contributed by atoms with Gasteiger partial charge in [0, 0.05) is 25.8 Å². The fraction of sp³-hybridized carbons (Fsp3) is 0.643. The van der Waals surface area contributed by atoms with Gasteiger partial charge >= 0.3 is 0 Å². The van der Waals surface area contributed by atoms with Gasteiger partial charge in [0.2, 0.25) is 0 Å². The van der Waals surface area contributed by atoms with Gasteiger partial charge in [-0.2, -0.15) is 0 Å². The van der Waals surface area contributed by atoms with Gasteiger partial charge in [0.05, 0.1) is 17.6 Å². The van der Waals surface area contributed by atoms with Crippen molar-refractivity contribution < 1.29 is 0 Å². The number of anilines is 2. The van der Waals surface area contributed by atoms with Crippen molar-refractivity contribution in [2.24, 2.45) is 0 Å². The van der Waals surface area contributed by atoms with E-state index in [2.05, 4.69) is 28.9 Å². The van der Waals surface area contributed by atoms with Crippen LogP contribution in [0.1, 0.15) is 25.7 Å². The smallest absolute Gasteiger partial charge is 0.0738 e. The third-order valence-electron chi connectivity index (χ3n) is 3.96. The average molecular weight is 248 g/mol. The van der Waals surface area contributed by atoms with Crippen LogP contribution in [0, 0.1) is 0 Å². The number of likely N-dealkylation sites (tertiary alicyclic amines) is 1. The van der Waals surface area contributed by atoms with Crippen LogP contribution in [0.25, 0.3) is 0 Å². The number of nitrogens with zero attached hydrogens (tertiary/aromatic N) is 3. The van der Waals surface area contributed by atoms with Crippen LogP contribution in [0.4, 0.5) is 11.4 Å². The van der Waals surface area contributed by atoms with Crippen LogP contribution < -0.4 is 10.6 Å². The Balaban J connectivity index is 1.88. The third kappa shape index (κ3) is 3.13. The maximum Gasteiger partial charge on any atom is 0.0738 e. The fourth-order valence-corrected chi connectivity index (χ4v) is 2.72. The van der Waals surface area contributed by atoms with E-state index in [1.54, 1.807) is 12.4 Å². The van der Waals surface area contributed by atoms with Crippen LogP contribution in [0.5, 0.6) is 0 Å². The molecule has 18 heavy (non-hydrogen) atoms. The number of pyridine rings is 1. The van der Waals surface area contributed by atoms with Crippen LogP contribution in [0.15, 0.2) is 18.5 Å². The maximum atomic E-state index is 5.94. The highest BCUT2D eigenvalue weighted by Crippen LogP contribution is 2.22. The summed E-state index contributed by atoms with van der Waals surface area (Å²) in [5.74, 6) is 0. The van der Waals surface area contributed by atoms with Gasteiger partial charge in [0.1, 0.15) is 0 Å². The van der Waals surface area contributed by atoms with E-state index < -0.39 is 0 Å². The molecule has 1 aliphatic heterocycles. The summed E-state index contributed by atoms with van der Waals surface area (Å²) in [4.78, 5) is 8.76. The van der Waals surface area contributed by atoms with Crippen LogP contribution in [-0.2, 0) is 0 Å². The molecule has 2 heterocycles. The summed E-state index contributed by atoms with van der Waals surface area (Å²) in [6, 6.07) is 2.71. The Hall–Kier alpha value is -1.29. The lowest BCUT2D eigenvalue weighted by Gasteiger charge is -2.34. The highest BCUT2D eigenvalue weighted by atomic mass is 15.2. The number of hydrogen-bond acceptors (Lipinski definition) is 4. The monoisotopic (exact) mass is 248 g/mol. The molecule has 1 aromatic rings. The molecule has 1 saturated heterocycles. The van der Waals surface area contributed by atoms with Crippen molar-refractivity contribution in [2.45, 2.75) is 31.7 Å². The second-order valence-electron chi connectivity index (χ2n) is 5.27. The molecule has 0 aliphatic carbocycles. The van der Waals surface area contributed by atoms with Crippen molar-refractivity contribution in [3.05, 3.63) is 18.5 Å². The molecular formula is C14H24N4. The molecule has 1 fully saturated rings. The van der Waals surface area contributed by atoms with E-state index in [0.717, 1.165) is 24.0 Å². The van der Waals surface area contributed by atoms with E-state index in [9.17, 15) is 0 Å². The first-order valence-electron chi connectivity index (χ1n) is 6.79. The molecule has 4 nitrogen and oxygen atoms in total. The van der Waals surface area contributed by atoms with E-state index in [1.165, 1.54) is 32.2 Å². The fourth-order valence-electron chi connectivity index (χ4n) is 2.72. The van der Waals surface area contributed by atoms with E-state index in [1.807, 2.05) is 6.07 Å². The van der Waals surface area contributed by atoms with Crippen molar-refractivity contribution in [3.8, 4) is 0 Å². The zero-order valence-electron chi connectivity index (χ0n) is 11.5. The molecule has 0 aromatic carbocycles. The summed E-state index contributed by atoms with van der Waals surface area (Å²) in [7, 11) is 4.35. The summed E-state index contributed by atoms with van der Waals surface area (Å²) in [5.41, 5.74) is 7.79. The lowest BCUT2D eigenvalue weighted by atomic mass is 10.00. The summed E-state index contributed by atoms with van der Waals surface area (Å²) >= 11 is 0. The average Bonchev–Trinajstić information content (AvgIpc) is 2.38. The minimum absolute atomic E-state index is 0.726. The first-order valence-corrected chi connectivity index (χ1v) is 6.79. The molecule has 1 aromatic heterocycles. The van der Waals surface area contributed by atoms with Crippen molar-refractivity contribution >= 4 is 11.4 Å². The Morgan fingerprint density at radius 3 is 3.06 bits per heavy atom. The zero-order valence-corrected chi connectivity index (χ0v) is 11.5. The van der Waals surface area contributed by atoms with Crippen molar-refractivity contribution in [1.29, 1.82) is 0 Å². The molecule has 2 rings (SSSR count). The topological polar surface area (TPSA) is 45.4 Å². The number of nitrogens with two attached hydrogens (primary N) is 1. The van der Waals surface area contributed by atoms with E-state index in [0.29, 0.717) is 0 Å². The van der Waals surface area contributed by atoms with Gasteiger partial charge in [-0.3, -0.25) is 4.98 Å². The lowest BCUT2D eigenvalue weighted by Crippen LogP contribution is -2.38. The molecule has 100 valence electrons. The summed E-state index contributed by atoms with van der Waals surface area (Å²) in [6.45, 7) is 2.29. The number of hydrogen-bond donors (Lipinski definition) is 1. The molecule has 0 radical (unpaired) electrons. The minimum atomic E-state index is 0.726. The normalized spacial score (nSPS) is 20.9. The Kier molecular flexibility index (Phi) is 4.42. The summed E-state index contributed by atoms with van der Waals surface area (Å²) < 4.78 is 0. The quantitative estimate of drug-likeness (QED) is 0.885. The maximum absolute atomic E-state index is 5.94. The molecular weight excluding hydrogens is 224 g/mol. The van der Waals surface area contributed by atoms with Gasteiger partial charge in [-0.25, -0.2) is 0 Å². The van der Waals surface area contributed by atoms with E-state index in [-0.39, 0.29) is 0 Å². The first-order chi connectivity index (χ1) is 8.68. The van der Waals surface area contributed by atoms with Crippen molar-refractivity contribution in [1.82, 2.24) is 9.88 Å². The molecule has 0 amide bonds. The standard InChI is InChI=1S/C14H24N4/c1-17-9-4-3-5-12(17)7-10-18(2)14-6-8-16-11-13(14)15/h6,8,11-12H,3-5,7,9-10,15H2,1-2H3. The van der Waals surface area contributed by atoms with Crippen molar-refractivity contribution in [2.75, 3.05) is 37.8 Å². The van der Waals surface area contributed by atoms with Gasteiger partial charge in [-0.15, -0.1) is 0 Å². The van der Waals surface area contributed by atoms with Gasteiger partial charge in [0.25, 0.3) is 0 Å². The lowest BCUT2D eigenvalue weighted by molar-refractivity contribution is 0.178. The summed E-state index contributed by atoms with van der Waals surface area (Å²) in [6.07, 6.45) is 8.77. The Morgan fingerprint density at radius 1 is 1.50 bits per heavy atom. The van der Waals surface area contributed by atoms with Crippen LogP contribution >= 0.6 is 0 Å². The van der Waals surface area contributed by atoms with Crippen molar-refractivity contribution in [3.63, 3.8) is 0 Å². The van der Waals surface area contributed by atoms with Crippen LogP contribution in [0.3, 0.4) is 0 Å². The van der Waals surface area contributed by atoms with E-state index in [4.69, 9.17) is 5.73 Å². The molecule has 2 N–H and O–H groups in total. The number of rotatable bonds is 4. The summed E-state index contributed by atoms with van der Waals surface area (Å²) in [5, 5.41) is 0. The molecule has 1 unspecified atom stereocenters. The second-order valence-corrected chi connectivity index (χ2v) is 5.27. The molecule has 0 spiro atoms.